The summed E-state index contributed by atoms with van der Waals surface area (Å²) in [6, 6.07) is 6.51. The van der Waals surface area contributed by atoms with Crippen molar-refractivity contribution in [1.29, 1.82) is 0 Å². The zero-order chi connectivity index (χ0) is 13.2. The van der Waals surface area contributed by atoms with Gasteiger partial charge in [0, 0.05) is 11.1 Å². The lowest BCUT2D eigenvalue weighted by Crippen LogP contribution is -2.38. The summed E-state index contributed by atoms with van der Waals surface area (Å²) in [4.78, 5) is 11.7. The summed E-state index contributed by atoms with van der Waals surface area (Å²) in [6.07, 6.45) is 1.48. The van der Waals surface area contributed by atoms with Crippen molar-refractivity contribution in [2.24, 2.45) is 0 Å². The first-order valence-electron chi connectivity index (χ1n) is 5.50. The Kier molecular flexibility index (Phi) is 3.38. The fourth-order valence-electron chi connectivity index (χ4n) is 1.71. The van der Waals surface area contributed by atoms with Crippen molar-refractivity contribution < 1.29 is 13.2 Å². The van der Waals surface area contributed by atoms with Gasteiger partial charge in [0.1, 0.15) is 0 Å². The van der Waals surface area contributed by atoms with Crippen LogP contribution < -0.4 is 10.6 Å². The SMILES string of the molecule is Cc1ccccc1NC(=O)NC1C=CS(=O)(=O)C1. The van der Waals surface area contributed by atoms with Crippen molar-refractivity contribution in [3.8, 4) is 0 Å². The molecule has 18 heavy (non-hydrogen) atoms. The number of anilines is 1. The molecule has 0 saturated heterocycles. The van der Waals surface area contributed by atoms with Crippen LogP contribution in [0.15, 0.2) is 35.7 Å². The highest BCUT2D eigenvalue weighted by atomic mass is 32.2. The fraction of sp³-hybridized carbons (Fsp3) is 0.250. The molecule has 0 aromatic heterocycles. The van der Waals surface area contributed by atoms with Crippen LogP contribution in [0, 0.1) is 6.92 Å². The standard InChI is InChI=1S/C12H14N2O3S/c1-9-4-2-3-5-11(9)14-12(15)13-10-6-7-18(16,17)8-10/h2-7,10H,8H2,1H3,(H2,13,14,15). The van der Waals surface area contributed by atoms with Crippen LogP contribution in [0.2, 0.25) is 0 Å². The average molecular weight is 266 g/mol. The number of urea groups is 1. The average Bonchev–Trinajstić information content (AvgIpc) is 2.61. The Bertz CT molecular complexity index is 593. The predicted molar refractivity (Wildman–Crippen MR) is 70.0 cm³/mol. The molecular weight excluding hydrogens is 252 g/mol. The van der Waals surface area contributed by atoms with Gasteiger partial charge >= 0.3 is 6.03 Å². The van der Waals surface area contributed by atoms with Crippen molar-refractivity contribution in [2.45, 2.75) is 13.0 Å². The molecule has 0 saturated carbocycles. The maximum atomic E-state index is 11.7. The Labute approximate surface area is 106 Å². The third-order valence-electron chi connectivity index (χ3n) is 2.64. The molecule has 0 radical (unpaired) electrons. The number of aryl methyl sites for hydroxylation is 1. The summed E-state index contributed by atoms with van der Waals surface area (Å²) >= 11 is 0. The number of rotatable bonds is 2. The van der Waals surface area contributed by atoms with Crippen LogP contribution in [0.5, 0.6) is 0 Å². The van der Waals surface area contributed by atoms with Crippen LogP contribution >= 0.6 is 0 Å². The first-order valence-corrected chi connectivity index (χ1v) is 7.22. The molecular formula is C12H14N2O3S. The lowest BCUT2D eigenvalue weighted by atomic mass is 10.2. The molecule has 0 aliphatic carbocycles. The van der Waals surface area contributed by atoms with Crippen molar-refractivity contribution in [1.82, 2.24) is 5.32 Å². The molecule has 0 fully saturated rings. The lowest BCUT2D eigenvalue weighted by molar-refractivity contribution is 0.251. The van der Waals surface area contributed by atoms with Crippen LogP contribution in [0.4, 0.5) is 10.5 Å². The van der Waals surface area contributed by atoms with E-state index < -0.39 is 21.9 Å². The number of nitrogens with one attached hydrogen (secondary N) is 2. The van der Waals surface area contributed by atoms with Crippen LogP contribution in [0.25, 0.3) is 0 Å². The number of carbonyl (C=O) groups excluding carboxylic acids is 1. The zero-order valence-electron chi connectivity index (χ0n) is 9.88. The van der Waals surface area contributed by atoms with Crippen LogP contribution in [-0.4, -0.2) is 26.2 Å². The molecule has 6 heteroatoms. The molecule has 1 unspecified atom stereocenters. The van der Waals surface area contributed by atoms with E-state index in [2.05, 4.69) is 10.6 Å². The number of benzene rings is 1. The van der Waals surface area contributed by atoms with Gasteiger partial charge in [-0.05, 0) is 24.6 Å². The molecule has 0 bridgehead atoms. The molecule has 1 aliphatic heterocycles. The quantitative estimate of drug-likeness (QED) is 0.850. The molecule has 2 N–H and O–H groups in total. The number of hydrogen-bond acceptors (Lipinski definition) is 3. The van der Waals surface area contributed by atoms with Crippen molar-refractivity contribution in [2.75, 3.05) is 11.1 Å². The van der Waals surface area contributed by atoms with E-state index in [9.17, 15) is 13.2 Å². The zero-order valence-corrected chi connectivity index (χ0v) is 10.7. The number of amides is 2. The van der Waals surface area contributed by atoms with Gasteiger partial charge in [0.25, 0.3) is 0 Å². The Hall–Kier alpha value is -1.82. The highest BCUT2D eigenvalue weighted by Gasteiger charge is 2.22. The second-order valence-corrected chi connectivity index (χ2v) is 6.11. The molecule has 5 nitrogen and oxygen atoms in total. The van der Waals surface area contributed by atoms with Crippen molar-refractivity contribution >= 4 is 21.6 Å². The Morgan fingerprint density at radius 3 is 2.67 bits per heavy atom. The second-order valence-electron chi connectivity index (χ2n) is 4.18. The van der Waals surface area contributed by atoms with Gasteiger partial charge in [0.05, 0.1) is 11.8 Å². The van der Waals surface area contributed by atoms with E-state index in [1.54, 1.807) is 6.07 Å². The summed E-state index contributed by atoms with van der Waals surface area (Å²) in [7, 11) is -3.15. The van der Waals surface area contributed by atoms with Gasteiger partial charge < -0.3 is 10.6 Å². The summed E-state index contributed by atoms with van der Waals surface area (Å²) in [5.74, 6) is -0.0752. The smallest absolute Gasteiger partial charge is 0.319 e. The van der Waals surface area contributed by atoms with E-state index in [4.69, 9.17) is 0 Å². The Morgan fingerprint density at radius 1 is 1.33 bits per heavy atom. The molecule has 96 valence electrons. The number of carbonyl (C=O) groups is 1. The normalized spacial score (nSPS) is 20.6. The summed E-state index contributed by atoms with van der Waals surface area (Å²) < 4.78 is 22.4. The minimum Gasteiger partial charge on any atom is -0.331 e. The van der Waals surface area contributed by atoms with E-state index in [-0.39, 0.29) is 5.75 Å². The maximum absolute atomic E-state index is 11.7. The lowest BCUT2D eigenvalue weighted by Gasteiger charge is -2.12. The minimum absolute atomic E-state index is 0.0752. The summed E-state index contributed by atoms with van der Waals surface area (Å²) in [5.41, 5.74) is 1.65. The molecule has 1 aliphatic rings. The highest BCUT2D eigenvalue weighted by molar-refractivity contribution is 7.94. The fourth-order valence-corrected chi connectivity index (χ4v) is 2.94. The van der Waals surface area contributed by atoms with E-state index in [0.717, 1.165) is 11.0 Å². The Morgan fingerprint density at radius 2 is 2.06 bits per heavy atom. The molecule has 0 spiro atoms. The van der Waals surface area contributed by atoms with Crippen molar-refractivity contribution in [3.63, 3.8) is 0 Å². The third-order valence-corrected chi connectivity index (χ3v) is 4.04. The minimum atomic E-state index is -3.15. The predicted octanol–water partition coefficient (Wildman–Crippen LogP) is 1.43. The van der Waals surface area contributed by atoms with Gasteiger partial charge in [-0.3, -0.25) is 0 Å². The number of sulfone groups is 1. The van der Waals surface area contributed by atoms with E-state index >= 15 is 0 Å². The number of para-hydroxylation sites is 1. The largest absolute Gasteiger partial charge is 0.331 e. The van der Waals surface area contributed by atoms with Gasteiger partial charge in [-0.2, -0.15) is 0 Å². The molecule has 1 aromatic rings. The highest BCUT2D eigenvalue weighted by Crippen LogP contribution is 2.13. The summed E-state index contributed by atoms with van der Waals surface area (Å²) in [5, 5.41) is 6.41. The Balaban J connectivity index is 1.95. The van der Waals surface area contributed by atoms with E-state index in [0.29, 0.717) is 5.69 Å². The topological polar surface area (TPSA) is 75.3 Å². The third kappa shape index (κ3) is 3.10. The van der Waals surface area contributed by atoms with Crippen LogP contribution in [-0.2, 0) is 9.84 Å². The first-order chi connectivity index (χ1) is 8.46. The van der Waals surface area contributed by atoms with Crippen LogP contribution in [0.3, 0.4) is 0 Å². The molecule has 2 amide bonds. The number of hydrogen-bond donors (Lipinski definition) is 2. The van der Waals surface area contributed by atoms with Gasteiger partial charge in [-0.15, -0.1) is 0 Å². The van der Waals surface area contributed by atoms with E-state index in [1.807, 2.05) is 25.1 Å². The molecule has 1 atom stereocenters. The van der Waals surface area contributed by atoms with Crippen LogP contribution in [0.1, 0.15) is 5.56 Å². The monoisotopic (exact) mass is 266 g/mol. The maximum Gasteiger partial charge on any atom is 0.319 e. The van der Waals surface area contributed by atoms with Gasteiger partial charge in [0.2, 0.25) is 0 Å². The van der Waals surface area contributed by atoms with Gasteiger partial charge in [0.15, 0.2) is 9.84 Å². The first kappa shape index (κ1) is 12.6. The molecule has 2 rings (SSSR count). The van der Waals surface area contributed by atoms with Gasteiger partial charge in [-0.25, -0.2) is 13.2 Å². The summed E-state index contributed by atoms with van der Waals surface area (Å²) in [6.45, 7) is 1.88. The second kappa shape index (κ2) is 4.81. The van der Waals surface area contributed by atoms with E-state index in [1.165, 1.54) is 6.08 Å². The van der Waals surface area contributed by atoms with Gasteiger partial charge in [-0.1, -0.05) is 18.2 Å². The van der Waals surface area contributed by atoms with Crippen molar-refractivity contribution in [3.05, 3.63) is 41.3 Å². The molecule has 1 heterocycles. The molecule has 1 aromatic carbocycles.